The Labute approximate surface area is 392 Å². The number of anilines is 4. The van der Waals surface area contributed by atoms with Gasteiger partial charge in [0.25, 0.3) is 18.0 Å². The Kier molecular flexibility index (Phi) is 10.4. The zero-order chi connectivity index (χ0) is 48.9. The molecular weight excluding hydrogens is 958 g/mol. The van der Waals surface area contributed by atoms with Crippen LogP contribution in [0.15, 0.2) is 121 Å². The van der Waals surface area contributed by atoms with E-state index >= 15 is 8.78 Å². The zero-order valence-corrected chi connectivity index (χ0v) is 35.9. The van der Waals surface area contributed by atoms with Crippen LogP contribution in [-0.2, 0) is 16.2 Å². The standard InChI is InChI=1S/C46H27Cl2F5N8O8/c47-27-11-5-13-33(35(27)49)60-37(62)23-7-1-3-9-25(23)44(60,67)21-15-17-29-31(19-21)55-40(54-29)58-42(64)69-39(46(51,52)53)59(43(65)66)41-56-30-18-16-22(20-32(30)57-41)45(68)26-10-4-2-8-24(26)38(63)61(45)34-14-6-12-28(48)36(34)50/h1-20,39,67-68H,(H,56,57)(H,65,66)(H2,54,55,58,64). The van der Waals surface area contributed by atoms with Crippen molar-refractivity contribution in [2.24, 2.45) is 0 Å². The van der Waals surface area contributed by atoms with Gasteiger partial charge in [0.15, 0.2) is 23.1 Å². The van der Waals surface area contributed by atoms with Crippen molar-refractivity contribution < 1.29 is 61.2 Å². The summed E-state index contributed by atoms with van der Waals surface area (Å²) in [5, 5.41) is 36.3. The van der Waals surface area contributed by atoms with E-state index in [9.17, 15) is 47.7 Å². The number of aromatic amines is 2. The fourth-order valence-electron chi connectivity index (χ4n) is 8.60. The zero-order valence-electron chi connectivity index (χ0n) is 34.4. The molecule has 0 aliphatic carbocycles. The van der Waals surface area contributed by atoms with Crippen molar-refractivity contribution in [3.63, 3.8) is 0 Å². The van der Waals surface area contributed by atoms with Crippen LogP contribution in [0.4, 0.5) is 54.8 Å². The summed E-state index contributed by atoms with van der Waals surface area (Å²) in [6, 6.07) is 27.1. The van der Waals surface area contributed by atoms with E-state index in [0.29, 0.717) is 0 Å². The number of rotatable bonds is 8. The summed E-state index contributed by atoms with van der Waals surface area (Å²) in [4.78, 5) is 67.7. The summed E-state index contributed by atoms with van der Waals surface area (Å²) in [6.45, 7) is 0. The lowest BCUT2D eigenvalue weighted by atomic mass is 9.93. The number of carbonyl (C=O) groups excluding carboxylic acids is 3. The SMILES string of the molecule is O=C(Nc1nc2ccc(C3(O)c4ccccc4C(=O)N3c3cccc(Cl)c3F)cc2[nH]1)OC(N(C(=O)O)c1nc2ccc(C3(O)c4ccccc4C(=O)N3c3cccc(Cl)c3F)cc2[nH]1)C(F)(F)F. The quantitative estimate of drug-likeness (QED) is 0.0626. The fourth-order valence-corrected chi connectivity index (χ4v) is 8.94. The number of H-pyrrole nitrogens is 2. The maximum absolute atomic E-state index is 15.5. The number of nitrogens with zero attached hydrogens (tertiary/aromatic N) is 5. The molecule has 6 aromatic carbocycles. The summed E-state index contributed by atoms with van der Waals surface area (Å²) in [6.07, 6.45) is -13.3. The Morgan fingerprint density at radius 1 is 0.696 bits per heavy atom. The van der Waals surface area contributed by atoms with E-state index in [1.165, 1.54) is 103 Å². The molecule has 0 saturated heterocycles. The molecule has 3 unspecified atom stereocenters. The van der Waals surface area contributed by atoms with Crippen molar-refractivity contribution in [2.75, 3.05) is 20.0 Å². The van der Waals surface area contributed by atoms with Gasteiger partial charge in [-0.3, -0.25) is 24.7 Å². The molecule has 2 aliphatic heterocycles. The van der Waals surface area contributed by atoms with Gasteiger partial charge in [-0.1, -0.05) is 83.9 Å². The Hall–Kier alpha value is -8.11. The molecule has 16 nitrogen and oxygen atoms in total. The minimum atomic E-state index is -5.61. The first kappa shape index (κ1) is 44.7. The van der Waals surface area contributed by atoms with Crippen LogP contribution in [0.5, 0.6) is 0 Å². The first-order valence-electron chi connectivity index (χ1n) is 20.1. The average molecular weight is 986 g/mol. The third-order valence-electron chi connectivity index (χ3n) is 11.6. The lowest BCUT2D eigenvalue weighted by molar-refractivity contribution is -0.200. The normalized spacial score (nSPS) is 18.2. The van der Waals surface area contributed by atoms with Gasteiger partial charge < -0.3 is 30.0 Å². The molecule has 3 atom stereocenters. The number of carboxylic acid groups (broad SMARTS) is 1. The number of fused-ring (bicyclic) bond motifs is 4. The molecule has 8 aromatic rings. The van der Waals surface area contributed by atoms with Gasteiger partial charge >= 0.3 is 18.4 Å². The number of alkyl halides is 3. The van der Waals surface area contributed by atoms with Crippen LogP contribution < -0.4 is 20.0 Å². The van der Waals surface area contributed by atoms with Gasteiger partial charge in [0.1, 0.15) is 0 Å². The van der Waals surface area contributed by atoms with Gasteiger partial charge in [0.2, 0.25) is 11.9 Å². The van der Waals surface area contributed by atoms with Crippen molar-refractivity contribution in [2.45, 2.75) is 23.9 Å². The van der Waals surface area contributed by atoms with Crippen molar-refractivity contribution in [3.8, 4) is 0 Å². The third-order valence-corrected chi connectivity index (χ3v) is 12.2. The highest BCUT2D eigenvalue weighted by Gasteiger charge is 2.54. The molecular formula is C46H27Cl2F5N8O8. The highest BCUT2D eigenvalue weighted by molar-refractivity contribution is 6.31. The number of hydrogen-bond donors (Lipinski definition) is 6. The second kappa shape index (κ2) is 16.0. The summed E-state index contributed by atoms with van der Waals surface area (Å²) >= 11 is 12.1. The summed E-state index contributed by atoms with van der Waals surface area (Å²) < 4.78 is 80.0. The number of imidazole rings is 2. The molecule has 348 valence electrons. The number of ether oxygens (including phenoxy) is 1. The maximum atomic E-state index is 15.5. The van der Waals surface area contributed by atoms with Crippen LogP contribution in [0.25, 0.3) is 22.1 Å². The minimum absolute atomic E-state index is 0.00704. The number of nitrogens with one attached hydrogen (secondary N) is 3. The number of aliphatic hydroxyl groups is 2. The lowest BCUT2D eigenvalue weighted by Gasteiger charge is -2.35. The monoisotopic (exact) mass is 984 g/mol. The first-order chi connectivity index (χ1) is 32.8. The van der Waals surface area contributed by atoms with Gasteiger partial charge in [0, 0.05) is 33.4 Å². The van der Waals surface area contributed by atoms with Gasteiger partial charge in [-0.25, -0.2) is 33.2 Å². The van der Waals surface area contributed by atoms with Crippen molar-refractivity contribution >= 4 is 92.5 Å². The Bertz CT molecular complexity index is 3500. The summed E-state index contributed by atoms with van der Waals surface area (Å²) in [5.74, 6) is -5.12. The van der Waals surface area contributed by atoms with Gasteiger partial charge in [0.05, 0.1) is 43.5 Å². The van der Waals surface area contributed by atoms with Crippen molar-refractivity contribution in [3.05, 3.63) is 176 Å². The Balaban J connectivity index is 0.948. The van der Waals surface area contributed by atoms with Gasteiger partial charge in [-0.05, 0) is 60.7 Å². The summed E-state index contributed by atoms with van der Waals surface area (Å²) in [7, 11) is 0. The maximum Gasteiger partial charge on any atom is 0.446 e. The van der Waals surface area contributed by atoms with Crippen LogP contribution in [0.2, 0.25) is 10.0 Å². The van der Waals surface area contributed by atoms with E-state index in [-0.39, 0.29) is 71.2 Å². The van der Waals surface area contributed by atoms with Crippen molar-refractivity contribution in [1.29, 1.82) is 0 Å². The predicted molar refractivity (Wildman–Crippen MR) is 238 cm³/mol. The minimum Gasteiger partial charge on any atom is -0.465 e. The molecule has 0 fully saturated rings. The van der Waals surface area contributed by atoms with E-state index in [0.717, 1.165) is 15.9 Å². The number of amides is 4. The molecule has 23 heteroatoms. The highest BCUT2D eigenvalue weighted by Crippen LogP contribution is 2.48. The lowest BCUT2D eigenvalue weighted by Crippen LogP contribution is -2.52. The van der Waals surface area contributed by atoms with E-state index in [1.54, 1.807) is 12.1 Å². The van der Waals surface area contributed by atoms with E-state index < -0.39 is 82.0 Å². The highest BCUT2D eigenvalue weighted by atomic mass is 35.5. The topological polar surface area (TPSA) is 217 Å². The molecule has 0 radical (unpaired) electrons. The van der Waals surface area contributed by atoms with E-state index in [1.807, 2.05) is 5.32 Å². The molecule has 4 amide bonds. The molecule has 0 spiro atoms. The smallest absolute Gasteiger partial charge is 0.446 e. The summed E-state index contributed by atoms with van der Waals surface area (Å²) in [5.41, 5.74) is -5.78. The number of halogens is 7. The second-order valence-electron chi connectivity index (χ2n) is 15.5. The average Bonchev–Trinajstić information content (AvgIpc) is 4.04. The van der Waals surface area contributed by atoms with Crippen molar-refractivity contribution in [1.82, 2.24) is 19.9 Å². The van der Waals surface area contributed by atoms with Crippen LogP contribution in [0.3, 0.4) is 0 Å². The van der Waals surface area contributed by atoms with Gasteiger partial charge in [-0.2, -0.15) is 13.2 Å². The number of aromatic nitrogens is 4. The van der Waals surface area contributed by atoms with E-state index in [2.05, 4.69) is 24.7 Å². The molecule has 4 heterocycles. The number of benzene rings is 6. The number of hydrogen-bond acceptors (Lipinski definition) is 9. The molecule has 0 saturated carbocycles. The largest absolute Gasteiger partial charge is 0.465 e. The van der Waals surface area contributed by atoms with E-state index in [4.69, 9.17) is 23.2 Å². The molecule has 2 aliphatic rings. The third kappa shape index (κ3) is 6.95. The van der Waals surface area contributed by atoms with Crippen LogP contribution in [0, 0.1) is 11.6 Å². The molecule has 69 heavy (non-hydrogen) atoms. The first-order valence-corrected chi connectivity index (χ1v) is 20.9. The molecule has 6 N–H and O–H groups in total. The molecule has 2 aromatic heterocycles. The number of carbonyl (C=O) groups is 4. The van der Waals surface area contributed by atoms with Crippen LogP contribution in [0.1, 0.15) is 43.0 Å². The Morgan fingerprint density at radius 2 is 1.17 bits per heavy atom. The molecule has 10 rings (SSSR count). The fraction of sp³-hybridized carbons (Fsp3) is 0.0870. The second-order valence-corrected chi connectivity index (χ2v) is 16.4. The molecule has 0 bridgehead atoms. The van der Waals surface area contributed by atoms with Gasteiger partial charge in [-0.15, -0.1) is 0 Å². The van der Waals surface area contributed by atoms with Crippen LogP contribution >= 0.6 is 23.2 Å². The Morgan fingerprint density at radius 3 is 1.67 bits per heavy atom. The predicted octanol–water partition coefficient (Wildman–Crippen LogP) is 9.35. The van der Waals surface area contributed by atoms with Crippen LogP contribution in [-0.4, -0.2) is 71.7 Å².